The molecule has 1 aromatic carbocycles. The number of carbonyl (C=O) groups excluding carboxylic acids is 1. The molecule has 0 radical (unpaired) electrons. The van der Waals surface area contributed by atoms with Crippen LogP contribution < -0.4 is 5.32 Å². The maximum absolute atomic E-state index is 12.4. The van der Waals surface area contributed by atoms with Gasteiger partial charge in [-0.25, -0.2) is 0 Å². The van der Waals surface area contributed by atoms with Gasteiger partial charge in [0.2, 0.25) is 5.91 Å². The molecule has 4 rings (SSSR count). The van der Waals surface area contributed by atoms with E-state index in [9.17, 15) is 4.79 Å². The summed E-state index contributed by atoms with van der Waals surface area (Å²) < 4.78 is 0. The Morgan fingerprint density at radius 1 is 1.12 bits per heavy atom. The van der Waals surface area contributed by atoms with Crippen LogP contribution in [0.5, 0.6) is 0 Å². The molecular weight excluding hydrogens is 322 g/mol. The third kappa shape index (κ3) is 4.66. The van der Waals surface area contributed by atoms with E-state index in [0.717, 1.165) is 19.5 Å². The van der Waals surface area contributed by atoms with Gasteiger partial charge >= 0.3 is 0 Å². The van der Waals surface area contributed by atoms with Crippen molar-refractivity contribution in [3.63, 3.8) is 0 Å². The number of amides is 1. The number of hydrogen-bond acceptors (Lipinski definition) is 3. The van der Waals surface area contributed by atoms with E-state index in [2.05, 4.69) is 46.3 Å². The Hall–Kier alpha value is -1.39. The van der Waals surface area contributed by atoms with Crippen molar-refractivity contribution >= 4 is 5.91 Å². The lowest BCUT2D eigenvalue weighted by molar-refractivity contribution is -0.127. The number of hydrogen-bond donors (Lipinski definition) is 1. The largest absolute Gasteiger partial charge is 0.353 e. The Kier molecular flexibility index (Phi) is 5.60. The van der Waals surface area contributed by atoms with E-state index < -0.39 is 0 Å². The van der Waals surface area contributed by atoms with Gasteiger partial charge in [-0.15, -0.1) is 0 Å². The number of aryl methyl sites for hydroxylation is 1. The van der Waals surface area contributed by atoms with Crippen LogP contribution in [0.1, 0.15) is 49.7 Å². The molecule has 26 heavy (non-hydrogen) atoms. The quantitative estimate of drug-likeness (QED) is 0.882. The highest BCUT2D eigenvalue weighted by Gasteiger charge is 2.33. The summed E-state index contributed by atoms with van der Waals surface area (Å²) in [7, 11) is 0. The molecule has 2 saturated heterocycles. The highest BCUT2D eigenvalue weighted by Crippen LogP contribution is 2.26. The zero-order valence-corrected chi connectivity index (χ0v) is 16.1. The summed E-state index contributed by atoms with van der Waals surface area (Å²) in [4.78, 5) is 17.6. The van der Waals surface area contributed by atoms with Gasteiger partial charge in [-0.1, -0.05) is 29.8 Å². The Labute approximate surface area is 157 Å². The SMILES string of the molecule is Cc1cccc(CN2CCC(N3CCCC(C(=O)NC4CC4)C3)CC2)c1. The lowest BCUT2D eigenvalue weighted by atomic mass is 9.93. The lowest BCUT2D eigenvalue weighted by Gasteiger charge is -2.42. The van der Waals surface area contributed by atoms with E-state index in [1.165, 1.54) is 62.9 Å². The fourth-order valence-corrected chi connectivity index (χ4v) is 4.61. The van der Waals surface area contributed by atoms with Gasteiger partial charge in [0.15, 0.2) is 0 Å². The van der Waals surface area contributed by atoms with E-state index in [1.54, 1.807) is 0 Å². The maximum Gasteiger partial charge on any atom is 0.224 e. The van der Waals surface area contributed by atoms with Gasteiger partial charge in [0.1, 0.15) is 0 Å². The summed E-state index contributed by atoms with van der Waals surface area (Å²) >= 11 is 0. The molecule has 1 saturated carbocycles. The fraction of sp³-hybridized carbons (Fsp3) is 0.682. The summed E-state index contributed by atoms with van der Waals surface area (Å²) in [5.74, 6) is 0.531. The first-order valence-electron chi connectivity index (χ1n) is 10.5. The van der Waals surface area contributed by atoms with Crippen LogP contribution >= 0.6 is 0 Å². The number of nitrogens with zero attached hydrogens (tertiary/aromatic N) is 2. The summed E-state index contributed by atoms with van der Waals surface area (Å²) in [5, 5.41) is 3.21. The minimum Gasteiger partial charge on any atom is -0.353 e. The molecular formula is C22H33N3O. The van der Waals surface area contributed by atoms with Crippen molar-refractivity contribution < 1.29 is 4.79 Å². The summed E-state index contributed by atoms with van der Waals surface area (Å²) in [6, 6.07) is 10.0. The first-order chi connectivity index (χ1) is 12.7. The van der Waals surface area contributed by atoms with Gasteiger partial charge in [0.05, 0.1) is 5.92 Å². The van der Waals surface area contributed by atoms with E-state index in [-0.39, 0.29) is 5.92 Å². The topological polar surface area (TPSA) is 35.6 Å². The molecule has 1 atom stereocenters. The molecule has 0 aromatic heterocycles. The number of nitrogens with one attached hydrogen (secondary N) is 1. The third-order valence-electron chi connectivity index (χ3n) is 6.31. The van der Waals surface area contributed by atoms with Crippen LogP contribution in [-0.4, -0.2) is 54.0 Å². The normalized spacial score (nSPS) is 26.0. The minimum absolute atomic E-state index is 0.217. The van der Waals surface area contributed by atoms with Crippen LogP contribution in [0.2, 0.25) is 0 Å². The van der Waals surface area contributed by atoms with Crippen molar-refractivity contribution in [1.29, 1.82) is 0 Å². The molecule has 1 aromatic rings. The molecule has 1 unspecified atom stereocenters. The van der Waals surface area contributed by atoms with E-state index in [1.807, 2.05) is 0 Å². The van der Waals surface area contributed by atoms with Crippen molar-refractivity contribution in [2.24, 2.45) is 5.92 Å². The van der Waals surface area contributed by atoms with Crippen LogP contribution in [0.15, 0.2) is 24.3 Å². The number of benzene rings is 1. The monoisotopic (exact) mass is 355 g/mol. The highest BCUT2D eigenvalue weighted by atomic mass is 16.2. The number of likely N-dealkylation sites (tertiary alicyclic amines) is 2. The maximum atomic E-state index is 12.4. The van der Waals surface area contributed by atoms with E-state index >= 15 is 0 Å². The first kappa shape index (κ1) is 18.0. The zero-order chi connectivity index (χ0) is 17.9. The number of carbonyl (C=O) groups is 1. The Balaban J connectivity index is 1.25. The Morgan fingerprint density at radius 2 is 1.92 bits per heavy atom. The first-order valence-corrected chi connectivity index (χ1v) is 10.5. The highest BCUT2D eigenvalue weighted by molar-refractivity contribution is 5.79. The van der Waals surface area contributed by atoms with Gasteiger partial charge in [-0.05, 0) is 70.6 Å². The van der Waals surface area contributed by atoms with Gasteiger partial charge in [-0.3, -0.25) is 14.6 Å². The van der Waals surface area contributed by atoms with Gasteiger partial charge < -0.3 is 5.32 Å². The molecule has 3 aliphatic rings. The molecule has 2 heterocycles. The molecule has 2 aliphatic heterocycles. The summed E-state index contributed by atoms with van der Waals surface area (Å²) in [6.07, 6.45) is 7.09. The van der Waals surface area contributed by atoms with Gasteiger partial charge in [-0.2, -0.15) is 0 Å². The Morgan fingerprint density at radius 3 is 2.65 bits per heavy atom. The van der Waals surface area contributed by atoms with E-state index in [0.29, 0.717) is 18.0 Å². The molecule has 4 nitrogen and oxygen atoms in total. The predicted octanol–water partition coefficient (Wildman–Crippen LogP) is 2.95. The van der Waals surface area contributed by atoms with Gasteiger partial charge in [0.25, 0.3) is 0 Å². The van der Waals surface area contributed by atoms with Crippen LogP contribution in [-0.2, 0) is 11.3 Å². The second-order valence-corrected chi connectivity index (χ2v) is 8.61. The zero-order valence-electron chi connectivity index (χ0n) is 16.1. The summed E-state index contributed by atoms with van der Waals surface area (Å²) in [5.41, 5.74) is 2.78. The Bertz CT molecular complexity index is 620. The lowest BCUT2D eigenvalue weighted by Crippen LogP contribution is -2.50. The van der Waals surface area contributed by atoms with E-state index in [4.69, 9.17) is 0 Å². The van der Waals surface area contributed by atoms with Gasteiger partial charge in [0, 0.05) is 25.2 Å². The van der Waals surface area contributed by atoms with Crippen molar-refractivity contribution in [3.8, 4) is 0 Å². The molecule has 3 fully saturated rings. The van der Waals surface area contributed by atoms with Crippen LogP contribution in [0.4, 0.5) is 0 Å². The van der Waals surface area contributed by atoms with Crippen LogP contribution in [0.3, 0.4) is 0 Å². The molecule has 1 N–H and O–H groups in total. The smallest absolute Gasteiger partial charge is 0.224 e. The molecule has 0 spiro atoms. The van der Waals surface area contributed by atoms with Crippen molar-refractivity contribution in [1.82, 2.24) is 15.1 Å². The molecule has 1 amide bonds. The molecule has 4 heteroatoms. The van der Waals surface area contributed by atoms with Crippen molar-refractivity contribution in [2.75, 3.05) is 26.2 Å². The average Bonchev–Trinajstić information content (AvgIpc) is 3.46. The second-order valence-electron chi connectivity index (χ2n) is 8.61. The minimum atomic E-state index is 0.217. The number of piperidine rings is 2. The van der Waals surface area contributed by atoms with Crippen molar-refractivity contribution in [3.05, 3.63) is 35.4 Å². The molecule has 0 bridgehead atoms. The van der Waals surface area contributed by atoms with Crippen LogP contribution in [0.25, 0.3) is 0 Å². The third-order valence-corrected chi connectivity index (χ3v) is 6.31. The molecule has 142 valence electrons. The number of rotatable bonds is 5. The average molecular weight is 356 g/mol. The second kappa shape index (κ2) is 8.10. The predicted molar refractivity (Wildman–Crippen MR) is 105 cm³/mol. The summed E-state index contributed by atoms with van der Waals surface area (Å²) in [6.45, 7) is 7.74. The van der Waals surface area contributed by atoms with Crippen molar-refractivity contribution in [2.45, 2.75) is 64.1 Å². The molecule has 1 aliphatic carbocycles. The standard InChI is InChI=1S/C22H33N3O/c1-17-4-2-5-18(14-17)15-24-12-9-21(10-13-24)25-11-3-6-19(16-25)22(26)23-20-7-8-20/h2,4-5,14,19-21H,3,6-13,15-16H2,1H3,(H,23,26). The fourth-order valence-electron chi connectivity index (χ4n) is 4.61. The van der Waals surface area contributed by atoms with Crippen LogP contribution in [0, 0.1) is 12.8 Å².